The van der Waals surface area contributed by atoms with Gasteiger partial charge in [-0.2, -0.15) is 0 Å². The SMILES string of the molecule is CCCCCCCCCCCCCCCCCCCCCCCCCCCCCCCCCCOC(=O)c1ccccc1. The van der Waals surface area contributed by atoms with Crippen LogP contribution in [-0.2, 0) is 4.74 Å². The molecule has 0 unspecified atom stereocenters. The number of esters is 1. The Morgan fingerprint density at radius 1 is 0.395 bits per heavy atom. The molecule has 0 heterocycles. The van der Waals surface area contributed by atoms with E-state index in [1.165, 1.54) is 199 Å². The molecule has 0 amide bonds. The molecule has 0 saturated heterocycles. The zero-order valence-corrected chi connectivity index (χ0v) is 29.0. The molecule has 2 heteroatoms. The van der Waals surface area contributed by atoms with Gasteiger partial charge in [0, 0.05) is 0 Å². The van der Waals surface area contributed by atoms with E-state index in [0.29, 0.717) is 12.2 Å². The fourth-order valence-corrected chi connectivity index (χ4v) is 6.30. The van der Waals surface area contributed by atoms with Gasteiger partial charge in [0.1, 0.15) is 0 Å². The van der Waals surface area contributed by atoms with Crippen LogP contribution in [0.1, 0.15) is 223 Å². The van der Waals surface area contributed by atoms with Crippen molar-refractivity contribution in [3.05, 3.63) is 35.9 Å². The first-order valence-electron chi connectivity index (χ1n) is 19.6. The van der Waals surface area contributed by atoms with Gasteiger partial charge in [0.25, 0.3) is 0 Å². The number of ether oxygens (including phenoxy) is 1. The van der Waals surface area contributed by atoms with Gasteiger partial charge in [0.15, 0.2) is 0 Å². The van der Waals surface area contributed by atoms with Gasteiger partial charge < -0.3 is 4.74 Å². The Kier molecular flexibility index (Phi) is 31.0. The molecule has 0 fully saturated rings. The van der Waals surface area contributed by atoms with Crippen molar-refractivity contribution >= 4 is 5.97 Å². The predicted octanol–water partition coefficient (Wildman–Crippen LogP) is 14.3. The van der Waals surface area contributed by atoms with E-state index in [4.69, 9.17) is 4.74 Å². The molecular formula is C41H74O2. The second-order valence-electron chi connectivity index (χ2n) is 13.5. The van der Waals surface area contributed by atoms with E-state index in [1.807, 2.05) is 30.3 Å². The molecule has 0 bridgehead atoms. The molecule has 250 valence electrons. The predicted molar refractivity (Wildman–Crippen MR) is 190 cm³/mol. The molecule has 1 aromatic rings. The summed E-state index contributed by atoms with van der Waals surface area (Å²) in [6.45, 7) is 2.85. The van der Waals surface area contributed by atoms with Crippen LogP contribution in [0.25, 0.3) is 0 Å². The molecule has 0 aromatic heterocycles. The molecule has 1 aromatic carbocycles. The molecule has 0 spiro atoms. The first-order valence-corrected chi connectivity index (χ1v) is 19.6. The van der Waals surface area contributed by atoms with Gasteiger partial charge in [-0.15, -0.1) is 0 Å². The second kappa shape index (κ2) is 33.6. The molecule has 0 N–H and O–H groups in total. The number of carbonyl (C=O) groups excluding carboxylic acids is 1. The third-order valence-corrected chi connectivity index (χ3v) is 9.24. The van der Waals surface area contributed by atoms with Crippen LogP contribution in [0.5, 0.6) is 0 Å². The number of benzene rings is 1. The fraction of sp³-hybridized carbons (Fsp3) is 0.829. The number of unbranched alkanes of at least 4 members (excludes halogenated alkanes) is 31. The smallest absolute Gasteiger partial charge is 0.338 e. The van der Waals surface area contributed by atoms with Crippen LogP contribution in [0, 0.1) is 0 Å². The molecule has 0 atom stereocenters. The van der Waals surface area contributed by atoms with Crippen LogP contribution in [0.15, 0.2) is 30.3 Å². The first kappa shape index (κ1) is 39.7. The Labute approximate surface area is 269 Å². The van der Waals surface area contributed by atoms with Crippen molar-refractivity contribution in [2.24, 2.45) is 0 Å². The van der Waals surface area contributed by atoms with Crippen LogP contribution >= 0.6 is 0 Å². The number of rotatable bonds is 34. The number of hydrogen-bond acceptors (Lipinski definition) is 2. The van der Waals surface area contributed by atoms with E-state index >= 15 is 0 Å². The minimum absolute atomic E-state index is 0.193. The zero-order chi connectivity index (χ0) is 30.7. The topological polar surface area (TPSA) is 26.3 Å². The molecular weight excluding hydrogens is 524 g/mol. The lowest BCUT2D eigenvalue weighted by atomic mass is 10.0. The normalized spacial score (nSPS) is 11.3. The summed E-state index contributed by atoms with van der Waals surface area (Å²) in [6.07, 6.45) is 45.5. The molecule has 0 aliphatic carbocycles. The van der Waals surface area contributed by atoms with Crippen molar-refractivity contribution in [2.75, 3.05) is 6.61 Å². The van der Waals surface area contributed by atoms with Gasteiger partial charge in [-0.1, -0.05) is 224 Å². The monoisotopic (exact) mass is 599 g/mol. The van der Waals surface area contributed by atoms with Gasteiger partial charge in [0.05, 0.1) is 12.2 Å². The number of hydrogen-bond donors (Lipinski definition) is 0. The van der Waals surface area contributed by atoms with Crippen LogP contribution in [0.3, 0.4) is 0 Å². The van der Waals surface area contributed by atoms with E-state index in [0.717, 1.165) is 6.42 Å². The molecule has 0 aliphatic rings. The summed E-state index contributed by atoms with van der Waals surface area (Å²) in [5.41, 5.74) is 0.651. The lowest BCUT2D eigenvalue weighted by Gasteiger charge is -2.05. The lowest BCUT2D eigenvalue weighted by Crippen LogP contribution is -2.06. The third kappa shape index (κ3) is 29.2. The molecule has 43 heavy (non-hydrogen) atoms. The van der Waals surface area contributed by atoms with Gasteiger partial charge in [-0.25, -0.2) is 4.79 Å². The zero-order valence-electron chi connectivity index (χ0n) is 29.0. The highest BCUT2D eigenvalue weighted by molar-refractivity contribution is 5.89. The molecule has 0 aliphatic heterocycles. The lowest BCUT2D eigenvalue weighted by molar-refractivity contribution is 0.0497. The minimum atomic E-state index is -0.193. The average Bonchev–Trinajstić information content (AvgIpc) is 3.03. The third-order valence-electron chi connectivity index (χ3n) is 9.24. The first-order chi connectivity index (χ1) is 21.3. The maximum absolute atomic E-state index is 11.9. The molecule has 1 rings (SSSR count). The maximum atomic E-state index is 11.9. The Bertz CT molecular complexity index is 670. The van der Waals surface area contributed by atoms with Crippen LogP contribution in [-0.4, -0.2) is 12.6 Å². The van der Waals surface area contributed by atoms with Gasteiger partial charge in [-0.05, 0) is 18.6 Å². The molecule has 0 radical (unpaired) electrons. The Hall–Kier alpha value is -1.31. The Morgan fingerprint density at radius 2 is 0.651 bits per heavy atom. The summed E-state index contributed by atoms with van der Waals surface area (Å²) in [5, 5.41) is 0. The highest BCUT2D eigenvalue weighted by atomic mass is 16.5. The highest BCUT2D eigenvalue weighted by Crippen LogP contribution is 2.17. The fourth-order valence-electron chi connectivity index (χ4n) is 6.30. The van der Waals surface area contributed by atoms with Gasteiger partial charge >= 0.3 is 5.97 Å². The largest absolute Gasteiger partial charge is 0.462 e. The van der Waals surface area contributed by atoms with E-state index in [9.17, 15) is 4.79 Å². The van der Waals surface area contributed by atoms with Crippen molar-refractivity contribution in [1.82, 2.24) is 0 Å². The van der Waals surface area contributed by atoms with E-state index in [-0.39, 0.29) is 5.97 Å². The Balaban J connectivity index is 1.64. The van der Waals surface area contributed by atoms with Gasteiger partial charge in [-0.3, -0.25) is 0 Å². The summed E-state index contributed by atoms with van der Waals surface area (Å²) in [7, 11) is 0. The minimum Gasteiger partial charge on any atom is -0.462 e. The Morgan fingerprint density at radius 3 is 0.930 bits per heavy atom. The summed E-state index contributed by atoms with van der Waals surface area (Å²) >= 11 is 0. The molecule has 0 saturated carbocycles. The summed E-state index contributed by atoms with van der Waals surface area (Å²) < 4.78 is 5.36. The van der Waals surface area contributed by atoms with E-state index in [1.54, 1.807) is 0 Å². The van der Waals surface area contributed by atoms with Gasteiger partial charge in [0.2, 0.25) is 0 Å². The summed E-state index contributed by atoms with van der Waals surface area (Å²) in [6, 6.07) is 9.29. The molecule has 2 nitrogen and oxygen atoms in total. The van der Waals surface area contributed by atoms with E-state index < -0.39 is 0 Å². The number of carbonyl (C=O) groups is 1. The van der Waals surface area contributed by atoms with Crippen LogP contribution in [0.4, 0.5) is 0 Å². The van der Waals surface area contributed by atoms with Crippen LogP contribution < -0.4 is 0 Å². The van der Waals surface area contributed by atoms with Crippen molar-refractivity contribution in [3.8, 4) is 0 Å². The summed E-state index contributed by atoms with van der Waals surface area (Å²) in [5.74, 6) is -0.193. The van der Waals surface area contributed by atoms with Crippen molar-refractivity contribution in [3.63, 3.8) is 0 Å². The highest BCUT2D eigenvalue weighted by Gasteiger charge is 2.05. The maximum Gasteiger partial charge on any atom is 0.338 e. The quantitative estimate of drug-likeness (QED) is 0.0582. The van der Waals surface area contributed by atoms with E-state index in [2.05, 4.69) is 6.92 Å². The second-order valence-corrected chi connectivity index (χ2v) is 13.5. The van der Waals surface area contributed by atoms with Crippen molar-refractivity contribution < 1.29 is 9.53 Å². The van der Waals surface area contributed by atoms with Crippen molar-refractivity contribution in [2.45, 2.75) is 212 Å². The van der Waals surface area contributed by atoms with Crippen molar-refractivity contribution in [1.29, 1.82) is 0 Å². The van der Waals surface area contributed by atoms with Crippen LogP contribution in [0.2, 0.25) is 0 Å². The standard InChI is InChI=1S/C41H74O2/c1-2-3-4-5-6-7-8-9-10-11-12-13-14-15-16-17-18-19-20-21-22-23-24-25-26-27-28-29-30-31-32-36-39-43-41(42)40-37-34-33-35-38-40/h33-35,37-38H,2-32,36,39H2,1H3. The average molecular weight is 599 g/mol. The summed E-state index contributed by atoms with van der Waals surface area (Å²) in [4.78, 5) is 11.9.